The van der Waals surface area contributed by atoms with Crippen molar-refractivity contribution < 1.29 is 19.0 Å². The highest BCUT2D eigenvalue weighted by Crippen LogP contribution is 2.20. The summed E-state index contributed by atoms with van der Waals surface area (Å²) in [5, 5.41) is 0. The Kier molecular flexibility index (Phi) is 7.46. The van der Waals surface area contributed by atoms with Crippen molar-refractivity contribution in [1.29, 1.82) is 0 Å². The molecule has 7 heteroatoms. The zero-order valence-electron chi connectivity index (χ0n) is 15.4. The number of rotatable bonds is 6. The third kappa shape index (κ3) is 5.53. The quantitative estimate of drug-likeness (QED) is 0.749. The van der Waals surface area contributed by atoms with Crippen LogP contribution < -0.4 is 9.47 Å². The third-order valence-electron chi connectivity index (χ3n) is 4.75. The molecular formula is C19H28N2O4S. The van der Waals surface area contributed by atoms with Gasteiger partial charge >= 0.3 is 0 Å². The Hall–Kier alpha value is -1.44. The number of benzene rings is 1. The zero-order chi connectivity index (χ0) is 18.2. The molecule has 1 aromatic rings. The summed E-state index contributed by atoms with van der Waals surface area (Å²) in [5.41, 5.74) is 0. The van der Waals surface area contributed by atoms with E-state index < -0.39 is 0 Å². The van der Waals surface area contributed by atoms with E-state index >= 15 is 0 Å². The van der Waals surface area contributed by atoms with Crippen LogP contribution >= 0.6 is 11.8 Å². The summed E-state index contributed by atoms with van der Waals surface area (Å²) in [6, 6.07) is 7.57. The minimum atomic E-state index is 0.0709. The molecule has 144 valence electrons. The molecule has 26 heavy (non-hydrogen) atoms. The van der Waals surface area contributed by atoms with Gasteiger partial charge in [0, 0.05) is 31.9 Å². The Balaban J connectivity index is 1.56. The van der Waals surface area contributed by atoms with E-state index in [1.807, 2.05) is 40.9 Å². The predicted molar refractivity (Wildman–Crippen MR) is 103 cm³/mol. The molecule has 1 unspecified atom stereocenters. The van der Waals surface area contributed by atoms with Gasteiger partial charge in [0.05, 0.1) is 26.4 Å². The number of hydrogen-bond donors (Lipinski definition) is 0. The van der Waals surface area contributed by atoms with Crippen LogP contribution in [0.25, 0.3) is 0 Å². The molecule has 1 aromatic carbocycles. The Morgan fingerprint density at radius 2 is 1.92 bits per heavy atom. The zero-order valence-corrected chi connectivity index (χ0v) is 16.2. The number of thioether (sulfide) groups is 1. The fourth-order valence-electron chi connectivity index (χ4n) is 3.29. The van der Waals surface area contributed by atoms with Crippen molar-refractivity contribution >= 4 is 17.7 Å². The van der Waals surface area contributed by atoms with Crippen molar-refractivity contribution in [2.45, 2.75) is 12.5 Å². The smallest absolute Gasteiger partial charge is 0.260 e. The Morgan fingerprint density at radius 3 is 2.65 bits per heavy atom. The third-order valence-corrected chi connectivity index (χ3v) is 5.95. The van der Waals surface area contributed by atoms with Crippen LogP contribution in [0.2, 0.25) is 0 Å². The van der Waals surface area contributed by atoms with Crippen LogP contribution in [-0.2, 0) is 9.53 Å². The molecule has 2 aliphatic heterocycles. The van der Waals surface area contributed by atoms with Gasteiger partial charge in [-0.3, -0.25) is 9.69 Å². The largest absolute Gasteiger partial charge is 0.497 e. The Bertz CT molecular complexity index is 563. The maximum Gasteiger partial charge on any atom is 0.260 e. The predicted octanol–water partition coefficient (Wildman–Crippen LogP) is 1.74. The van der Waals surface area contributed by atoms with Gasteiger partial charge in [-0.25, -0.2) is 0 Å². The van der Waals surface area contributed by atoms with Crippen molar-refractivity contribution in [2.75, 3.05) is 64.6 Å². The number of ether oxygens (including phenoxy) is 3. The van der Waals surface area contributed by atoms with Gasteiger partial charge in [0.25, 0.3) is 5.91 Å². The second-order valence-electron chi connectivity index (χ2n) is 6.55. The summed E-state index contributed by atoms with van der Waals surface area (Å²) < 4.78 is 16.3. The van der Waals surface area contributed by atoms with E-state index in [1.54, 1.807) is 7.11 Å². The monoisotopic (exact) mass is 380 g/mol. The summed E-state index contributed by atoms with van der Waals surface area (Å²) in [7, 11) is 1.63. The maximum absolute atomic E-state index is 12.8. The lowest BCUT2D eigenvalue weighted by atomic mass is 10.2. The van der Waals surface area contributed by atoms with Gasteiger partial charge in [-0.2, -0.15) is 11.8 Å². The minimum Gasteiger partial charge on any atom is -0.497 e. The van der Waals surface area contributed by atoms with Crippen LogP contribution in [0.5, 0.6) is 11.5 Å². The van der Waals surface area contributed by atoms with Gasteiger partial charge in [-0.05, 0) is 36.4 Å². The van der Waals surface area contributed by atoms with E-state index in [1.165, 1.54) is 0 Å². The number of hydrogen-bond acceptors (Lipinski definition) is 6. The molecule has 0 radical (unpaired) electrons. The topological polar surface area (TPSA) is 51.2 Å². The molecule has 2 heterocycles. The molecule has 3 rings (SSSR count). The lowest BCUT2D eigenvalue weighted by Gasteiger charge is -2.35. The van der Waals surface area contributed by atoms with Crippen LogP contribution in [0.4, 0.5) is 0 Å². The average molecular weight is 381 g/mol. The van der Waals surface area contributed by atoms with Crippen LogP contribution in [0.3, 0.4) is 0 Å². The highest BCUT2D eigenvalue weighted by atomic mass is 32.2. The molecule has 2 fully saturated rings. The summed E-state index contributed by atoms with van der Waals surface area (Å²) in [6.45, 7) is 5.29. The molecule has 0 aliphatic carbocycles. The molecule has 0 spiro atoms. The first kappa shape index (κ1) is 19.3. The summed E-state index contributed by atoms with van der Waals surface area (Å²) in [4.78, 5) is 17.3. The fraction of sp³-hybridized carbons (Fsp3) is 0.632. The van der Waals surface area contributed by atoms with E-state index in [-0.39, 0.29) is 18.6 Å². The first-order valence-electron chi connectivity index (χ1n) is 9.20. The molecule has 0 bridgehead atoms. The second-order valence-corrected chi connectivity index (χ2v) is 7.70. The first-order chi connectivity index (χ1) is 12.8. The van der Waals surface area contributed by atoms with Gasteiger partial charge in [0.1, 0.15) is 11.5 Å². The molecule has 2 saturated heterocycles. The number of morpholine rings is 1. The van der Waals surface area contributed by atoms with Gasteiger partial charge in [0.2, 0.25) is 0 Å². The van der Waals surface area contributed by atoms with Crippen LogP contribution in [-0.4, -0.2) is 86.4 Å². The summed E-state index contributed by atoms with van der Waals surface area (Å²) in [6.07, 6.45) is 1.04. The molecule has 1 amide bonds. The van der Waals surface area contributed by atoms with Gasteiger partial charge < -0.3 is 19.1 Å². The van der Waals surface area contributed by atoms with E-state index in [0.717, 1.165) is 63.1 Å². The highest BCUT2D eigenvalue weighted by molar-refractivity contribution is 7.99. The van der Waals surface area contributed by atoms with Crippen LogP contribution in [0.15, 0.2) is 24.3 Å². The lowest BCUT2D eigenvalue weighted by molar-refractivity contribution is -0.135. The summed E-state index contributed by atoms with van der Waals surface area (Å²) in [5.74, 6) is 3.64. The first-order valence-corrected chi connectivity index (χ1v) is 10.4. The van der Waals surface area contributed by atoms with E-state index in [9.17, 15) is 4.79 Å². The van der Waals surface area contributed by atoms with E-state index in [2.05, 4.69) is 4.90 Å². The SMILES string of the molecule is COc1ccc(OCC(=O)N2CCCSCC2CN2CCOCC2)cc1. The number of methoxy groups -OCH3 is 1. The fourth-order valence-corrected chi connectivity index (χ4v) is 4.35. The standard InChI is InChI=1S/C19H28N2O4S/c1-23-17-3-5-18(6-4-17)25-14-19(22)21-7-2-12-26-15-16(21)13-20-8-10-24-11-9-20/h3-6,16H,2,7-15H2,1H3. The summed E-state index contributed by atoms with van der Waals surface area (Å²) >= 11 is 1.95. The van der Waals surface area contributed by atoms with Gasteiger partial charge in [-0.15, -0.1) is 0 Å². The average Bonchev–Trinajstić information content (AvgIpc) is 2.93. The molecule has 0 N–H and O–H groups in total. The molecular weight excluding hydrogens is 352 g/mol. The van der Waals surface area contributed by atoms with Gasteiger partial charge in [-0.1, -0.05) is 0 Å². The molecule has 0 aromatic heterocycles. The van der Waals surface area contributed by atoms with Crippen molar-refractivity contribution in [3.63, 3.8) is 0 Å². The van der Waals surface area contributed by atoms with Crippen molar-refractivity contribution in [3.8, 4) is 11.5 Å². The highest BCUT2D eigenvalue weighted by Gasteiger charge is 2.28. The van der Waals surface area contributed by atoms with E-state index in [4.69, 9.17) is 14.2 Å². The number of carbonyl (C=O) groups is 1. The Morgan fingerprint density at radius 1 is 1.19 bits per heavy atom. The van der Waals surface area contributed by atoms with Crippen LogP contribution in [0, 0.1) is 0 Å². The van der Waals surface area contributed by atoms with Crippen LogP contribution in [0.1, 0.15) is 6.42 Å². The van der Waals surface area contributed by atoms with Crippen molar-refractivity contribution in [1.82, 2.24) is 9.80 Å². The molecule has 0 saturated carbocycles. The molecule has 2 aliphatic rings. The number of amides is 1. The number of nitrogens with zero attached hydrogens (tertiary/aromatic N) is 2. The second kappa shape index (κ2) is 10.0. The molecule has 6 nitrogen and oxygen atoms in total. The van der Waals surface area contributed by atoms with Gasteiger partial charge in [0.15, 0.2) is 6.61 Å². The lowest BCUT2D eigenvalue weighted by Crippen LogP contribution is -2.51. The minimum absolute atomic E-state index is 0.0709. The number of carbonyl (C=O) groups excluding carboxylic acids is 1. The normalized spacial score (nSPS) is 21.9. The maximum atomic E-state index is 12.8. The van der Waals surface area contributed by atoms with Crippen molar-refractivity contribution in [3.05, 3.63) is 24.3 Å². The Labute approximate surface area is 159 Å². The van der Waals surface area contributed by atoms with Crippen molar-refractivity contribution in [2.24, 2.45) is 0 Å². The molecule has 1 atom stereocenters. The van der Waals surface area contributed by atoms with E-state index in [0.29, 0.717) is 5.75 Å².